The van der Waals surface area contributed by atoms with Crippen molar-refractivity contribution in [1.82, 2.24) is 0 Å². The molecule has 1 aliphatic heterocycles. The summed E-state index contributed by atoms with van der Waals surface area (Å²) in [6.07, 6.45) is 0. The number of fused-ring (bicyclic) bond motifs is 2. The number of rotatable bonds is 7. The van der Waals surface area contributed by atoms with E-state index in [0.29, 0.717) is 13.2 Å². The highest BCUT2D eigenvalue weighted by Crippen LogP contribution is 2.51. The Labute approximate surface area is 211 Å². The van der Waals surface area contributed by atoms with Crippen LogP contribution in [-0.2, 0) is 13.2 Å². The summed E-state index contributed by atoms with van der Waals surface area (Å²) in [5, 5.41) is 0. The zero-order chi connectivity index (χ0) is 24.2. The molecule has 1 heterocycles. The van der Waals surface area contributed by atoms with Crippen molar-refractivity contribution in [3.05, 3.63) is 155 Å². The zero-order valence-electron chi connectivity index (χ0n) is 19.8. The van der Waals surface area contributed by atoms with E-state index in [1.807, 2.05) is 78.9 Å². The van der Waals surface area contributed by atoms with E-state index in [4.69, 9.17) is 14.2 Å². The first-order valence-electron chi connectivity index (χ1n) is 12.2. The Morgan fingerprint density at radius 2 is 0.917 bits per heavy atom. The van der Waals surface area contributed by atoms with Crippen molar-refractivity contribution in [3.8, 4) is 23.0 Å². The molecule has 0 amide bonds. The predicted molar refractivity (Wildman–Crippen MR) is 142 cm³/mol. The van der Waals surface area contributed by atoms with Gasteiger partial charge in [-0.3, -0.25) is 0 Å². The first-order valence-corrected chi connectivity index (χ1v) is 12.2. The average Bonchev–Trinajstić information content (AvgIpc) is 2.95. The molecule has 5 aromatic carbocycles. The van der Waals surface area contributed by atoms with Crippen molar-refractivity contribution >= 4 is 0 Å². The summed E-state index contributed by atoms with van der Waals surface area (Å²) >= 11 is 0. The number of hydrogen-bond donors (Lipinski definition) is 0. The minimum absolute atomic E-state index is 0.0936. The van der Waals surface area contributed by atoms with Crippen LogP contribution in [0.2, 0.25) is 0 Å². The predicted octanol–water partition coefficient (Wildman–Crippen LogP) is 8.13. The van der Waals surface area contributed by atoms with Gasteiger partial charge in [0.2, 0.25) is 0 Å². The van der Waals surface area contributed by atoms with E-state index in [9.17, 15) is 0 Å². The third kappa shape index (κ3) is 4.44. The van der Waals surface area contributed by atoms with Gasteiger partial charge in [0.15, 0.2) is 0 Å². The summed E-state index contributed by atoms with van der Waals surface area (Å²) in [7, 11) is 0. The van der Waals surface area contributed by atoms with E-state index in [1.165, 1.54) is 0 Å². The van der Waals surface area contributed by atoms with Crippen LogP contribution in [0.4, 0.5) is 0 Å². The number of hydrogen-bond acceptors (Lipinski definition) is 3. The maximum absolute atomic E-state index is 6.48. The molecule has 0 aromatic heterocycles. The smallest absolute Gasteiger partial charge is 0.131 e. The van der Waals surface area contributed by atoms with Crippen molar-refractivity contribution in [2.24, 2.45) is 0 Å². The minimum atomic E-state index is -0.0936. The van der Waals surface area contributed by atoms with E-state index in [1.54, 1.807) is 0 Å². The van der Waals surface area contributed by atoms with Gasteiger partial charge in [0.1, 0.15) is 36.2 Å². The fourth-order valence-corrected chi connectivity index (χ4v) is 4.75. The summed E-state index contributed by atoms with van der Waals surface area (Å²) < 4.78 is 19.2. The normalized spacial score (nSPS) is 12.2. The topological polar surface area (TPSA) is 27.7 Å². The molecule has 0 saturated heterocycles. The van der Waals surface area contributed by atoms with Gasteiger partial charge < -0.3 is 14.2 Å². The molecule has 1 aliphatic rings. The van der Waals surface area contributed by atoms with Gasteiger partial charge in [-0.2, -0.15) is 0 Å². The largest absolute Gasteiger partial charge is 0.488 e. The zero-order valence-corrected chi connectivity index (χ0v) is 19.8. The summed E-state index contributed by atoms with van der Waals surface area (Å²) in [6.45, 7) is 0.949. The van der Waals surface area contributed by atoms with Gasteiger partial charge in [-0.1, -0.05) is 103 Å². The molecule has 0 unspecified atom stereocenters. The molecule has 36 heavy (non-hydrogen) atoms. The average molecular weight is 471 g/mol. The van der Waals surface area contributed by atoms with E-state index in [-0.39, 0.29) is 5.92 Å². The van der Waals surface area contributed by atoms with E-state index >= 15 is 0 Å². The highest BCUT2D eigenvalue weighted by molar-refractivity contribution is 5.63. The molecule has 0 aliphatic carbocycles. The van der Waals surface area contributed by atoms with E-state index in [2.05, 4.69) is 48.5 Å². The van der Waals surface area contributed by atoms with Crippen molar-refractivity contribution in [2.45, 2.75) is 19.1 Å². The molecular weight excluding hydrogens is 444 g/mol. The molecule has 0 atom stereocenters. The SMILES string of the molecule is c1ccc(COc2cccc(OCc3ccccc3)c2C2c3ccccc3Oc3ccccc32)cc1. The van der Waals surface area contributed by atoms with Crippen molar-refractivity contribution in [2.75, 3.05) is 0 Å². The van der Waals surface area contributed by atoms with Gasteiger partial charge in [0, 0.05) is 22.6 Å². The third-order valence-corrected chi connectivity index (χ3v) is 6.47. The Kier molecular flexibility index (Phi) is 6.11. The molecule has 0 N–H and O–H groups in total. The fourth-order valence-electron chi connectivity index (χ4n) is 4.75. The van der Waals surface area contributed by atoms with Crippen LogP contribution in [0.15, 0.2) is 127 Å². The lowest BCUT2D eigenvalue weighted by Gasteiger charge is -2.31. The molecule has 3 nitrogen and oxygen atoms in total. The highest BCUT2D eigenvalue weighted by atomic mass is 16.5. The van der Waals surface area contributed by atoms with Crippen LogP contribution in [0.1, 0.15) is 33.7 Å². The number of ether oxygens (including phenoxy) is 3. The van der Waals surface area contributed by atoms with Crippen LogP contribution in [-0.4, -0.2) is 0 Å². The van der Waals surface area contributed by atoms with Crippen LogP contribution in [0.25, 0.3) is 0 Å². The van der Waals surface area contributed by atoms with Gasteiger partial charge in [-0.25, -0.2) is 0 Å². The molecule has 0 spiro atoms. The quantitative estimate of drug-likeness (QED) is 0.236. The molecular formula is C33H26O3. The fraction of sp³-hybridized carbons (Fsp3) is 0.0909. The second kappa shape index (κ2) is 10.0. The highest BCUT2D eigenvalue weighted by Gasteiger charge is 2.33. The molecule has 0 fully saturated rings. The maximum atomic E-state index is 6.48. The van der Waals surface area contributed by atoms with Crippen LogP contribution < -0.4 is 14.2 Å². The van der Waals surface area contributed by atoms with E-state index in [0.717, 1.165) is 50.8 Å². The summed E-state index contributed by atoms with van der Waals surface area (Å²) in [6, 6.07) is 43.0. The Balaban J connectivity index is 1.46. The minimum Gasteiger partial charge on any atom is -0.488 e. The lowest BCUT2D eigenvalue weighted by Crippen LogP contribution is -2.14. The molecule has 5 aromatic rings. The molecule has 176 valence electrons. The van der Waals surface area contributed by atoms with Crippen LogP contribution in [0.5, 0.6) is 23.0 Å². The van der Waals surface area contributed by atoms with Crippen LogP contribution in [0, 0.1) is 0 Å². The van der Waals surface area contributed by atoms with Gasteiger partial charge in [0.05, 0.1) is 0 Å². The van der Waals surface area contributed by atoms with Crippen LogP contribution >= 0.6 is 0 Å². The second-order valence-electron chi connectivity index (χ2n) is 8.83. The standard InChI is InChI=1S/C33H26O3/c1-3-12-24(13-4-1)22-34-30-20-11-21-31(35-23-25-14-5-2-6-15-25)33(30)32-26-16-7-9-18-28(26)36-29-19-10-8-17-27(29)32/h1-21,32H,22-23H2. The Hall–Kier alpha value is -4.50. The number of benzene rings is 5. The summed E-state index contributed by atoms with van der Waals surface area (Å²) in [5.41, 5.74) is 5.43. The van der Waals surface area contributed by atoms with Gasteiger partial charge >= 0.3 is 0 Å². The molecule has 0 saturated carbocycles. The monoisotopic (exact) mass is 470 g/mol. The molecule has 6 rings (SSSR count). The lowest BCUT2D eigenvalue weighted by molar-refractivity contribution is 0.282. The second-order valence-corrected chi connectivity index (χ2v) is 8.83. The van der Waals surface area contributed by atoms with Crippen molar-refractivity contribution in [3.63, 3.8) is 0 Å². The van der Waals surface area contributed by atoms with E-state index < -0.39 is 0 Å². The van der Waals surface area contributed by atoms with Gasteiger partial charge in [0.25, 0.3) is 0 Å². The van der Waals surface area contributed by atoms with Crippen molar-refractivity contribution in [1.29, 1.82) is 0 Å². The first-order chi connectivity index (χ1) is 17.9. The Morgan fingerprint density at radius 1 is 0.472 bits per heavy atom. The first kappa shape index (κ1) is 22.0. The number of para-hydroxylation sites is 2. The Bertz CT molecular complexity index is 1350. The summed E-state index contributed by atoms with van der Waals surface area (Å²) in [4.78, 5) is 0. The third-order valence-electron chi connectivity index (χ3n) is 6.47. The van der Waals surface area contributed by atoms with Crippen LogP contribution in [0.3, 0.4) is 0 Å². The lowest BCUT2D eigenvalue weighted by atomic mass is 9.81. The molecule has 3 heteroatoms. The summed E-state index contributed by atoms with van der Waals surface area (Å²) in [5.74, 6) is 3.23. The molecule has 0 bridgehead atoms. The van der Waals surface area contributed by atoms with Crippen molar-refractivity contribution < 1.29 is 14.2 Å². The molecule has 0 radical (unpaired) electrons. The Morgan fingerprint density at radius 3 is 1.42 bits per heavy atom. The van der Waals surface area contributed by atoms with Gasteiger partial charge in [-0.15, -0.1) is 0 Å². The maximum Gasteiger partial charge on any atom is 0.131 e. The van der Waals surface area contributed by atoms with Gasteiger partial charge in [-0.05, 0) is 35.4 Å².